The molecule has 0 saturated carbocycles. The zero-order valence-electron chi connectivity index (χ0n) is 12.5. The molecule has 3 nitrogen and oxygen atoms in total. The lowest BCUT2D eigenvalue weighted by molar-refractivity contribution is 0.400. The van der Waals surface area contributed by atoms with Gasteiger partial charge < -0.3 is 9.26 Å². The monoisotopic (exact) mass is 311 g/mol. The van der Waals surface area contributed by atoms with Gasteiger partial charge in [0.15, 0.2) is 0 Å². The number of methoxy groups -OCH3 is 1. The zero-order valence-corrected chi connectivity index (χ0v) is 13.4. The molecule has 0 radical (unpaired) electrons. The van der Waals surface area contributed by atoms with Crippen molar-refractivity contribution in [1.29, 1.82) is 0 Å². The summed E-state index contributed by atoms with van der Waals surface area (Å²) >= 11 is 4.29. The third-order valence-corrected chi connectivity index (χ3v) is 4.02. The van der Waals surface area contributed by atoms with Crippen molar-refractivity contribution in [1.82, 2.24) is 5.16 Å². The first-order chi connectivity index (χ1) is 10.7. The van der Waals surface area contributed by atoms with Gasteiger partial charge in [-0.05, 0) is 42.3 Å². The summed E-state index contributed by atoms with van der Waals surface area (Å²) in [6.07, 6.45) is 0. The molecule has 0 fully saturated rings. The number of benzene rings is 2. The molecule has 0 amide bonds. The first-order valence-electron chi connectivity index (χ1n) is 7.04. The number of thiol groups is 1. The van der Waals surface area contributed by atoms with Crippen molar-refractivity contribution in [2.75, 3.05) is 7.11 Å². The Bertz CT molecular complexity index is 761. The molecule has 0 aliphatic carbocycles. The molecular formula is C18H17NO2S. The molecule has 112 valence electrons. The Morgan fingerprint density at radius 3 is 2.23 bits per heavy atom. The van der Waals surface area contributed by atoms with Crippen LogP contribution in [0.5, 0.6) is 5.75 Å². The van der Waals surface area contributed by atoms with Gasteiger partial charge in [0.2, 0.25) is 0 Å². The van der Waals surface area contributed by atoms with Gasteiger partial charge in [0.1, 0.15) is 17.2 Å². The van der Waals surface area contributed by atoms with Crippen LogP contribution >= 0.6 is 12.6 Å². The molecule has 4 heteroatoms. The second-order valence-electron chi connectivity index (χ2n) is 5.05. The molecule has 2 aromatic carbocycles. The van der Waals surface area contributed by atoms with Gasteiger partial charge in [-0.3, -0.25) is 0 Å². The van der Waals surface area contributed by atoms with Crippen LogP contribution in [0.25, 0.3) is 22.4 Å². The lowest BCUT2D eigenvalue weighted by atomic mass is 9.98. The quantitative estimate of drug-likeness (QED) is 0.706. The summed E-state index contributed by atoms with van der Waals surface area (Å²) in [4.78, 5) is 0. The maximum absolute atomic E-state index is 5.42. The van der Waals surface area contributed by atoms with E-state index in [2.05, 4.69) is 42.1 Å². The van der Waals surface area contributed by atoms with Gasteiger partial charge in [-0.1, -0.05) is 29.4 Å². The number of rotatable bonds is 4. The number of nitrogens with zero attached hydrogens (tertiary/aromatic N) is 1. The van der Waals surface area contributed by atoms with E-state index >= 15 is 0 Å². The van der Waals surface area contributed by atoms with Gasteiger partial charge in [-0.2, -0.15) is 12.6 Å². The van der Waals surface area contributed by atoms with Gasteiger partial charge in [-0.15, -0.1) is 0 Å². The summed E-state index contributed by atoms with van der Waals surface area (Å²) in [7, 11) is 1.66. The molecular weight excluding hydrogens is 294 g/mol. The molecule has 3 aromatic rings. The molecule has 0 atom stereocenters. The van der Waals surface area contributed by atoms with Crippen LogP contribution in [-0.2, 0) is 5.75 Å². The average molecular weight is 311 g/mol. The molecule has 0 aliphatic heterocycles. The van der Waals surface area contributed by atoms with E-state index in [1.54, 1.807) is 7.11 Å². The fraction of sp³-hybridized carbons (Fsp3) is 0.167. The molecule has 0 N–H and O–H groups in total. The summed E-state index contributed by atoms with van der Waals surface area (Å²) in [6.45, 7) is 1.93. The highest BCUT2D eigenvalue weighted by atomic mass is 32.1. The van der Waals surface area contributed by atoms with E-state index < -0.39 is 0 Å². The number of hydrogen-bond donors (Lipinski definition) is 1. The van der Waals surface area contributed by atoms with Gasteiger partial charge in [0.25, 0.3) is 0 Å². The summed E-state index contributed by atoms with van der Waals surface area (Å²) < 4.78 is 10.6. The van der Waals surface area contributed by atoms with E-state index in [9.17, 15) is 0 Å². The van der Waals surface area contributed by atoms with Gasteiger partial charge >= 0.3 is 0 Å². The van der Waals surface area contributed by atoms with E-state index in [4.69, 9.17) is 9.26 Å². The topological polar surface area (TPSA) is 35.3 Å². The van der Waals surface area contributed by atoms with E-state index in [1.165, 1.54) is 5.56 Å². The maximum Gasteiger partial charge on any atom is 0.142 e. The van der Waals surface area contributed by atoms with E-state index in [0.717, 1.165) is 39.6 Å². The lowest BCUT2D eigenvalue weighted by Gasteiger charge is -2.05. The van der Waals surface area contributed by atoms with Crippen LogP contribution in [0.4, 0.5) is 0 Å². The molecule has 1 aromatic heterocycles. The third-order valence-electron chi connectivity index (χ3n) is 3.65. The fourth-order valence-electron chi connectivity index (χ4n) is 2.43. The van der Waals surface area contributed by atoms with Crippen LogP contribution in [0, 0.1) is 6.92 Å². The Morgan fingerprint density at radius 1 is 1.00 bits per heavy atom. The first-order valence-corrected chi connectivity index (χ1v) is 7.67. The van der Waals surface area contributed by atoms with Gasteiger partial charge in [0.05, 0.1) is 12.7 Å². The summed E-state index contributed by atoms with van der Waals surface area (Å²) in [5, 5.41) is 4.23. The highest BCUT2D eigenvalue weighted by Crippen LogP contribution is 2.35. The van der Waals surface area contributed by atoms with Gasteiger partial charge in [0, 0.05) is 11.3 Å². The molecule has 0 aliphatic rings. The number of aryl methyl sites for hydroxylation is 1. The zero-order chi connectivity index (χ0) is 15.5. The Labute approximate surface area is 135 Å². The minimum Gasteiger partial charge on any atom is -0.497 e. The summed E-state index contributed by atoms with van der Waals surface area (Å²) in [6, 6.07) is 16.1. The highest BCUT2D eigenvalue weighted by molar-refractivity contribution is 7.79. The lowest BCUT2D eigenvalue weighted by Crippen LogP contribution is -1.86. The average Bonchev–Trinajstić information content (AvgIpc) is 2.96. The molecule has 22 heavy (non-hydrogen) atoms. The van der Waals surface area contributed by atoms with Crippen LogP contribution in [0.15, 0.2) is 53.1 Å². The van der Waals surface area contributed by atoms with Crippen LogP contribution in [0.3, 0.4) is 0 Å². The van der Waals surface area contributed by atoms with Crippen molar-refractivity contribution in [2.45, 2.75) is 12.7 Å². The summed E-state index contributed by atoms with van der Waals surface area (Å²) in [5.41, 5.74) is 5.16. The van der Waals surface area contributed by atoms with Crippen molar-refractivity contribution in [3.8, 4) is 28.1 Å². The predicted molar refractivity (Wildman–Crippen MR) is 91.4 cm³/mol. The molecule has 1 heterocycles. The highest BCUT2D eigenvalue weighted by Gasteiger charge is 2.16. The van der Waals surface area contributed by atoms with Gasteiger partial charge in [-0.25, -0.2) is 0 Å². The van der Waals surface area contributed by atoms with Crippen molar-refractivity contribution in [2.24, 2.45) is 0 Å². The third kappa shape index (κ3) is 2.74. The summed E-state index contributed by atoms with van der Waals surface area (Å²) in [5.74, 6) is 2.36. The first kappa shape index (κ1) is 14.7. The second-order valence-corrected chi connectivity index (χ2v) is 5.36. The smallest absolute Gasteiger partial charge is 0.142 e. The standard InChI is InChI=1S/C18H17NO2S/c1-12-17(14-5-3-13(11-22)4-6-14)18(19-21-12)15-7-9-16(20-2)10-8-15/h3-10,22H,11H2,1-2H3. The second kappa shape index (κ2) is 6.28. The predicted octanol–water partition coefficient (Wildman–Crippen LogP) is 4.76. The fourth-order valence-corrected chi connectivity index (χ4v) is 2.65. The van der Waals surface area contributed by atoms with E-state index in [0.29, 0.717) is 0 Å². The van der Waals surface area contributed by atoms with Crippen molar-refractivity contribution >= 4 is 12.6 Å². The SMILES string of the molecule is COc1ccc(-c2noc(C)c2-c2ccc(CS)cc2)cc1. The number of hydrogen-bond acceptors (Lipinski definition) is 4. The van der Waals surface area contributed by atoms with Crippen LogP contribution < -0.4 is 4.74 Å². The Hall–Kier alpha value is -2.20. The molecule has 0 unspecified atom stereocenters. The number of ether oxygens (including phenoxy) is 1. The molecule has 0 bridgehead atoms. The van der Waals surface area contributed by atoms with E-state index in [-0.39, 0.29) is 0 Å². The minimum absolute atomic E-state index is 0.730. The van der Waals surface area contributed by atoms with Crippen molar-refractivity contribution in [3.05, 3.63) is 59.9 Å². The van der Waals surface area contributed by atoms with Crippen LogP contribution in [0.2, 0.25) is 0 Å². The van der Waals surface area contributed by atoms with Crippen LogP contribution in [0.1, 0.15) is 11.3 Å². The van der Waals surface area contributed by atoms with Crippen molar-refractivity contribution in [3.63, 3.8) is 0 Å². The Morgan fingerprint density at radius 2 is 1.64 bits per heavy atom. The minimum atomic E-state index is 0.730. The Kier molecular flexibility index (Phi) is 4.20. The van der Waals surface area contributed by atoms with Crippen LogP contribution in [-0.4, -0.2) is 12.3 Å². The molecule has 0 spiro atoms. The van der Waals surface area contributed by atoms with Crippen molar-refractivity contribution < 1.29 is 9.26 Å². The largest absolute Gasteiger partial charge is 0.497 e. The molecule has 3 rings (SSSR count). The number of aromatic nitrogens is 1. The molecule has 0 saturated heterocycles. The Balaban J connectivity index is 2.05. The maximum atomic E-state index is 5.42. The normalized spacial score (nSPS) is 10.7. The van der Waals surface area contributed by atoms with E-state index in [1.807, 2.05) is 31.2 Å².